The number of hydrogen-bond donors (Lipinski definition) is 1. The van der Waals surface area contributed by atoms with Crippen molar-refractivity contribution in [3.63, 3.8) is 0 Å². The van der Waals surface area contributed by atoms with Crippen LogP contribution < -0.4 is 5.32 Å². The topological polar surface area (TPSA) is 41.6 Å². The monoisotopic (exact) mass is 228 g/mol. The van der Waals surface area contributed by atoms with Crippen LogP contribution >= 0.6 is 0 Å². The Balaban J connectivity index is 2.09. The first kappa shape index (κ1) is 13.5. The molecule has 1 saturated carbocycles. The number of rotatable bonds is 6. The Labute approximate surface area is 98.3 Å². The zero-order chi connectivity index (χ0) is 12.0. The molecule has 1 N–H and O–H groups in total. The first-order valence-corrected chi connectivity index (χ1v) is 6.11. The maximum Gasteiger partial charge on any atom is 0.222 e. The van der Waals surface area contributed by atoms with Gasteiger partial charge in [0.25, 0.3) is 0 Å². The van der Waals surface area contributed by atoms with E-state index in [1.165, 1.54) is 12.8 Å². The molecule has 0 aliphatic heterocycles. The van der Waals surface area contributed by atoms with E-state index in [2.05, 4.69) is 5.32 Å². The summed E-state index contributed by atoms with van der Waals surface area (Å²) >= 11 is 0. The van der Waals surface area contributed by atoms with Gasteiger partial charge in [0.1, 0.15) is 0 Å². The van der Waals surface area contributed by atoms with Crippen LogP contribution in [0.2, 0.25) is 0 Å². The molecule has 2 atom stereocenters. The average Bonchev–Trinajstić information content (AvgIpc) is 2.71. The molecule has 0 spiro atoms. The molecule has 1 rings (SSSR count). The number of ether oxygens (including phenoxy) is 1. The van der Waals surface area contributed by atoms with Crippen molar-refractivity contribution in [1.82, 2.24) is 10.2 Å². The Morgan fingerprint density at radius 2 is 2.19 bits per heavy atom. The summed E-state index contributed by atoms with van der Waals surface area (Å²) in [6.45, 7) is 0.907. The molecule has 2 unspecified atom stereocenters. The van der Waals surface area contributed by atoms with E-state index in [4.69, 9.17) is 4.74 Å². The Kier molecular flexibility index (Phi) is 5.77. The van der Waals surface area contributed by atoms with Crippen molar-refractivity contribution < 1.29 is 9.53 Å². The minimum atomic E-state index is 0.205. The average molecular weight is 228 g/mol. The van der Waals surface area contributed by atoms with E-state index >= 15 is 0 Å². The predicted molar refractivity (Wildman–Crippen MR) is 64.4 cm³/mol. The zero-order valence-electron chi connectivity index (χ0n) is 10.7. The highest BCUT2D eigenvalue weighted by Gasteiger charge is 2.26. The largest absolute Gasteiger partial charge is 0.380 e. The van der Waals surface area contributed by atoms with Crippen LogP contribution in [0.15, 0.2) is 0 Å². The second kappa shape index (κ2) is 6.86. The van der Waals surface area contributed by atoms with Gasteiger partial charge in [0.05, 0.1) is 6.10 Å². The third kappa shape index (κ3) is 4.10. The number of carbonyl (C=O) groups is 1. The van der Waals surface area contributed by atoms with Gasteiger partial charge in [-0.25, -0.2) is 0 Å². The second-order valence-corrected chi connectivity index (χ2v) is 4.66. The van der Waals surface area contributed by atoms with Crippen LogP contribution in [-0.4, -0.2) is 50.7 Å². The van der Waals surface area contributed by atoms with E-state index in [1.807, 2.05) is 0 Å². The van der Waals surface area contributed by atoms with Gasteiger partial charge in [0.2, 0.25) is 5.91 Å². The summed E-state index contributed by atoms with van der Waals surface area (Å²) in [5.41, 5.74) is 0. The lowest BCUT2D eigenvalue weighted by molar-refractivity contribution is -0.128. The van der Waals surface area contributed by atoms with E-state index in [0.29, 0.717) is 18.6 Å². The number of amides is 1. The van der Waals surface area contributed by atoms with Crippen LogP contribution in [0.4, 0.5) is 0 Å². The molecule has 1 fully saturated rings. The molecule has 0 aromatic heterocycles. The fourth-order valence-corrected chi connectivity index (χ4v) is 2.19. The van der Waals surface area contributed by atoms with Gasteiger partial charge in [-0.15, -0.1) is 0 Å². The van der Waals surface area contributed by atoms with Crippen LogP contribution in [0.5, 0.6) is 0 Å². The van der Waals surface area contributed by atoms with Gasteiger partial charge in [-0.1, -0.05) is 0 Å². The molecule has 16 heavy (non-hydrogen) atoms. The third-order valence-electron chi connectivity index (χ3n) is 3.23. The van der Waals surface area contributed by atoms with Gasteiger partial charge in [0.15, 0.2) is 0 Å². The number of methoxy groups -OCH3 is 1. The second-order valence-electron chi connectivity index (χ2n) is 4.66. The molecular formula is C12H24N2O2. The lowest BCUT2D eigenvalue weighted by Gasteiger charge is -2.19. The summed E-state index contributed by atoms with van der Waals surface area (Å²) in [6.07, 6.45) is 5.50. The third-order valence-corrected chi connectivity index (χ3v) is 3.23. The van der Waals surface area contributed by atoms with Gasteiger partial charge in [-0.3, -0.25) is 4.79 Å². The zero-order valence-corrected chi connectivity index (χ0v) is 10.7. The number of carbonyl (C=O) groups excluding carboxylic acids is 1. The SMILES string of the molecule is COC1CCCC1NCCCC(=O)N(C)C. The fourth-order valence-electron chi connectivity index (χ4n) is 2.19. The number of nitrogens with one attached hydrogen (secondary N) is 1. The molecule has 0 radical (unpaired) electrons. The van der Waals surface area contributed by atoms with Gasteiger partial charge in [-0.05, 0) is 32.2 Å². The van der Waals surface area contributed by atoms with E-state index in [0.717, 1.165) is 19.4 Å². The maximum absolute atomic E-state index is 11.3. The summed E-state index contributed by atoms with van der Waals surface area (Å²) in [5.74, 6) is 0.205. The summed E-state index contributed by atoms with van der Waals surface area (Å²) in [6, 6.07) is 0.486. The van der Waals surface area contributed by atoms with Gasteiger partial charge in [-0.2, -0.15) is 0 Å². The number of nitrogens with zero attached hydrogens (tertiary/aromatic N) is 1. The molecule has 1 amide bonds. The van der Waals surface area contributed by atoms with E-state index in [9.17, 15) is 4.79 Å². The lowest BCUT2D eigenvalue weighted by Crippen LogP contribution is -2.37. The molecule has 1 aliphatic rings. The van der Waals surface area contributed by atoms with Crippen molar-refractivity contribution in [2.45, 2.75) is 44.2 Å². The van der Waals surface area contributed by atoms with Crippen LogP contribution in [0, 0.1) is 0 Å². The standard InChI is InChI=1S/C12H24N2O2/c1-14(2)12(15)8-5-9-13-10-6-4-7-11(10)16-3/h10-11,13H,4-9H2,1-3H3. The maximum atomic E-state index is 11.3. The van der Waals surface area contributed by atoms with Crippen molar-refractivity contribution in [3.05, 3.63) is 0 Å². The Morgan fingerprint density at radius 3 is 2.81 bits per heavy atom. The van der Waals surface area contributed by atoms with E-state index in [-0.39, 0.29) is 5.91 Å². The smallest absolute Gasteiger partial charge is 0.222 e. The van der Waals surface area contributed by atoms with E-state index in [1.54, 1.807) is 26.1 Å². The van der Waals surface area contributed by atoms with Crippen LogP contribution in [-0.2, 0) is 9.53 Å². The quantitative estimate of drug-likeness (QED) is 0.690. The molecule has 0 heterocycles. The highest BCUT2D eigenvalue weighted by molar-refractivity contribution is 5.75. The first-order chi connectivity index (χ1) is 7.65. The molecule has 94 valence electrons. The lowest BCUT2D eigenvalue weighted by atomic mass is 10.2. The van der Waals surface area contributed by atoms with Crippen molar-refractivity contribution in [1.29, 1.82) is 0 Å². The number of hydrogen-bond acceptors (Lipinski definition) is 3. The van der Waals surface area contributed by atoms with Crippen molar-refractivity contribution in [2.75, 3.05) is 27.7 Å². The Bertz CT molecular complexity index is 219. The van der Waals surface area contributed by atoms with E-state index < -0.39 is 0 Å². The van der Waals surface area contributed by atoms with Crippen molar-refractivity contribution >= 4 is 5.91 Å². The molecule has 0 bridgehead atoms. The van der Waals surface area contributed by atoms with Crippen LogP contribution in [0.3, 0.4) is 0 Å². The van der Waals surface area contributed by atoms with Gasteiger partial charge < -0.3 is 15.0 Å². The summed E-state index contributed by atoms with van der Waals surface area (Å²) in [4.78, 5) is 13.0. The minimum absolute atomic E-state index is 0.205. The summed E-state index contributed by atoms with van der Waals surface area (Å²) in [7, 11) is 5.38. The Hall–Kier alpha value is -0.610. The molecular weight excluding hydrogens is 204 g/mol. The minimum Gasteiger partial charge on any atom is -0.380 e. The normalized spacial score (nSPS) is 24.7. The molecule has 0 aromatic rings. The van der Waals surface area contributed by atoms with Gasteiger partial charge >= 0.3 is 0 Å². The molecule has 1 aliphatic carbocycles. The molecule has 4 nitrogen and oxygen atoms in total. The molecule has 4 heteroatoms. The summed E-state index contributed by atoms with van der Waals surface area (Å²) in [5, 5.41) is 3.48. The van der Waals surface area contributed by atoms with Crippen LogP contribution in [0.1, 0.15) is 32.1 Å². The first-order valence-electron chi connectivity index (χ1n) is 6.11. The highest BCUT2D eigenvalue weighted by atomic mass is 16.5. The van der Waals surface area contributed by atoms with Crippen molar-refractivity contribution in [3.8, 4) is 0 Å². The van der Waals surface area contributed by atoms with Crippen molar-refractivity contribution in [2.24, 2.45) is 0 Å². The Morgan fingerprint density at radius 1 is 1.44 bits per heavy atom. The predicted octanol–water partition coefficient (Wildman–Crippen LogP) is 1.01. The summed E-state index contributed by atoms with van der Waals surface area (Å²) < 4.78 is 5.40. The highest BCUT2D eigenvalue weighted by Crippen LogP contribution is 2.21. The molecule has 0 saturated heterocycles. The molecule has 0 aromatic carbocycles. The van der Waals surface area contributed by atoms with Crippen LogP contribution in [0.25, 0.3) is 0 Å². The fraction of sp³-hybridized carbons (Fsp3) is 0.917. The van der Waals surface area contributed by atoms with Gasteiger partial charge in [0, 0.05) is 33.7 Å².